The molecule has 1 heterocycles. The summed E-state index contributed by atoms with van der Waals surface area (Å²) in [7, 11) is 1.57. The second-order valence-electron chi connectivity index (χ2n) is 8.07. The zero-order valence-corrected chi connectivity index (χ0v) is 19.5. The molecule has 2 aromatic rings. The third-order valence-electron chi connectivity index (χ3n) is 5.75. The van der Waals surface area contributed by atoms with Gasteiger partial charge in [0.2, 0.25) is 0 Å². The molecule has 0 fully saturated rings. The lowest BCUT2D eigenvalue weighted by molar-refractivity contribution is -0.141. The van der Waals surface area contributed by atoms with Crippen LogP contribution in [0.2, 0.25) is 0 Å². The van der Waals surface area contributed by atoms with E-state index in [1.807, 2.05) is 42.5 Å². The number of allylic oxidation sites excluding steroid dienone is 1. The molecule has 0 aromatic heterocycles. The van der Waals surface area contributed by atoms with E-state index in [-0.39, 0.29) is 19.1 Å². The molecular formula is C26H30N2O6. The fourth-order valence-electron chi connectivity index (χ4n) is 3.89. The molecule has 1 atom stereocenters. The quantitative estimate of drug-likeness (QED) is 0.375. The van der Waals surface area contributed by atoms with Crippen molar-refractivity contribution < 1.29 is 29.0 Å². The number of amides is 2. The minimum absolute atomic E-state index is 0.0949. The van der Waals surface area contributed by atoms with Crippen LogP contribution in [0, 0.1) is 0 Å². The van der Waals surface area contributed by atoms with Crippen molar-refractivity contribution in [1.82, 2.24) is 10.2 Å². The lowest BCUT2D eigenvalue weighted by Crippen LogP contribution is -2.48. The Morgan fingerprint density at radius 2 is 1.74 bits per heavy atom. The van der Waals surface area contributed by atoms with E-state index in [9.17, 15) is 14.4 Å². The minimum atomic E-state index is -0.836. The average molecular weight is 467 g/mol. The number of rotatable bonds is 11. The number of hydrogen-bond acceptors (Lipinski definition) is 5. The topological polar surface area (TPSA) is 105 Å². The second-order valence-corrected chi connectivity index (χ2v) is 8.07. The Kier molecular flexibility index (Phi) is 8.67. The molecule has 2 amide bonds. The highest BCUT2D eigenvalue weighted by Gasteiger charge is 2.36. The number of nitrogens with one attached hydrogen (secondary N) is 1. The maximum Gasteiger partial charge on any atom is 0.338 e. The van der Waals surface area contributed by atoms with Gasteiger partial charge in [0.05, 0.1) is 18.7 Å². The van der Waals surface area contributed by atoms with Gasteiger partial charge in [-0.15, -0.1) is 0 Å². The first-order valence-electron chi connectivity index (χ1n) is 11.3. The maximum absolute atomic E-state index is 13.2. The standard InChI is InChI=1S/C26H30N2O6/c1-18-23(25(31)34-17-19-9-5-3-6-10-19)24(20-12-14-21(33-2)15-13-20)27-26(32)28(18)16-8-4-7-11-22(29)30/h3,5-6,9-10,12-15,24H,4,7-8,11,16-17H2,1-2H3,(H,27,32)(H,29,30). The highest BCUT2D eigenvalue weighted by Crippen LogP contribution is 2.32. The van der Waals surface area contributed by atoms with E-state index < -0.39 is 18.0 Å². The van der Waals surface area contributed by atoms with Gasteiger partial charge in [-0.25, -0.2) is 9.59 Å². The summed E-state index contributed by atoms with van der Waals surface area (Å²) in [5.74, 6) is -0.668. The monoisotopic (exact) mass is 466 g/mol. The second kappa shape index (κ2) is 11.9. The van der Waals surface area contributed by atoms with Gasteiger partial charge in [-0.3, -0.25) is 9.69 Å². The normalized spacial score (nSPS) is 15.6. The maximum atomic E-state index is 13.2. The molecule has 34 heavy (non-hydrogen) atoms. The van der Waals surface area contributed by atoms with Gasteiger partial charge in [-0.05, 0) is 43.0 Å². The predicted octanol–water partition coefficient (Wildman–Crippen LogP) is 4.42. The van der Waals surface area contributed by atoms with Crippen LogP contribution >= 0.6 is 0 Å². The molecule has 0 aliphatic carbocycles. The smallest absolute Gasteiger partial charge is 0.338 e. The number of ether oxygens (including phenoxy) is 2. The largest absolute Gasteiger partial charge is 0.497 e. The van der Waals surface area contributed by atoms with Crippen LogP contribution in [-0.2, 0) is 20.9 Å². The SMILES string of the molecule is COc1ccc(C2NC(=O)N(CCCCCC(=O)O)C(C)=C2C(=O)OCc2ccccc2)cc1. The molecule has 2 N–H and O–H groups in total. The molecule has 8 nitrogen and oxygen atoms in total. The molecule has 2 aromatic carbocycles. The number of carboxylic acid groups (broad SMARTS) is 1. The average Bonchev–Trinajstić information content (AvgIpc) is 2.84. The van der Waals surface area contributed by atoms with Gasteiger partial charge in [-0.1, -0.05) is 48.9 Å². The molecule has 180 valence electrons. The molecule has 0 saturated heterocycles. The Bertz CT molecular complexity index is 1030. The summed E-state index contributed by atoms with van der Waals surface area (Å²) < 4.78 is 10.8. The summed E-state index contributed by atoms with van der Waals surface area (Å²) in [6.07, 6.45) is 1.92. The van der Waals surface area contributed by atoms with Crippen molar-refractivity contribution in [1.29, 1.82) is 0 Å². The number of methoxy groups -OCH3 is 1. The van der Waals surface area contributed by atoms with Crippen LogP contribution in [0.1, 0.15) is 49.8 Å². The van der Waals surface area contributed by atoms with Crippen molar-refractivity contribution in [3.63, 3.8) is 0 Å². The van der Waals surface area contributed by atoms with E-state index in [4.69, 9.17) is 14.6 Å². The van der Waals surface area contributed by atoms with Crippen molar-refractivity contribution in [3.8, 4) is 5.75 Å². The van der Waals surface area contributed by atoms with Gasteiger partial charge in [0, 0.05) is 18.7 Å². The van der Waals surface area contributed by atoms with Gasteiger partial charge in [-0.2, -0.15) is 0 Å². The van der Waals surface area contributed by atoms with Gasteiger partial charge in [0.1, 0.15) is 12.4 Å². The highest BCUT2D eigenvalue weighted by atomic mass is 16.5. The lowest BCUT2D eigenvalue weighted by atomic mass is 9.94. The first-order valence-corrected chi connectivity index (χ1v) is 11.3. The first-order chi connectivity index (χ1) is 16.4. The number of unbranched alkanes of at least 4 members (excludes halogenated alkanes) is 2. The fourth-order valence-corrected chi connectivity index (χ4v) is 3.89. The van der Waals surface area contributed by atoms with Crippen molar-refractivity contribution in [2.75, 3.05) is 13.7 Å². The van der Waals surface area contributed by atoms with E-state index >= 15 is 0 Å². The molecular weight excluding hydrogens is 436 g/mol. The van der Waals surface area contributed by atoms with Gasteiger partial charge < -0.3 is 19.9 Å². The van der Waals surface area contributed by atoms with Crippen molar-refractivity contribution >= 4 is 18.0 Å². The third-order valence-corrected chi connectivity index (χ3v) is 5.75. The van der Waals surface area contributed by atoms with Crippen LogP contribution in [0.25, 0.3) is 0 Å². The molecule has 0 spiro atoms. The highest BCUT2D eigenvalue weighted by molar-refractivity contribution is 5.95. The number of aliphatic carboxylic acids is 1. The first kappa shape index (κ1) is 24.8. The summed E-state index contributed by atoms with van der Waals surface area (Å²) >= 11 is 0. The van der Waals surface area contributed by atoms with Crippen molar-refractivity contribution in [2.45, 2.75) is 45.3 Å². The Labute approximate surface area is 199 Å². The van der Waals surface area contributed by atoms with Crippen LogP contribution in [0.3, 0.4) is 0 Å². The summed E-state index contributed by atoms with van der Waals surface area (Å²) in [5.41, 5.74) is 2.50. The Hall–Kier alpha value is -3.81. The Morgan fingerprint density at radius 1 is 1.03 bits per heavy atom. The molecule has 1 aliphatic rings. The Balaban J connectivity index is 1.83. The molecule has 0 saturated carbocycles. The van der Waals surface area contributed by atoms with Crippen LogP contribution < -0.4 is 10.1 Å². The number of carbonyl (C=O) groups is 3. The van der Waals surface area contributed by atoms with Crippen molar-refractivity contribution in [3.05, 3.63) is 77.0 Å². The van der Waals surface area contributed by atoms with Crippen LogP contribution in [0.4, 0.5) is 4.79 Å². The molecule has 8 heteroatoms. The molecule has 1 aliphatic heterocycles. The number of hydrogen-bond donors (Lipinski definition) is 2. The molecule has 0 bridgehead atoms. The predicted molar refractivity (Wildman–Crippen MR) is 126 cm³/mol. The van der Waals surface area contributed by atoms with Crippen molar-refractivity contribution in [2.24, 2.45) is 0 Å². The van der Waals surface area contributed by atoms with E-state index in [0.717, 1.165) is 11.1 Å². The molecule has 3 rings (SSSR count). The molecule has 1 unspecified atom stereocenters. The van der Waals surface area contributed by atoms with E-state index in [1.165, 1.54) is 4.90 Å². The lowest BCUT2D eigenvalue weighted by Gasteiger charge is -2.35. The number of esters is 1. The van der Waals surface area contributed by atoms with Gasteiger partial charge in [0.15, 0.2) is 0 Å². The zero-order valence-electron chi connectivity index (χ0n) is 19.5. The van der Waals surface area contributed by atoms with Gasteiger partial charge in [0.25, 0.3) is 0 Å². The van der Waals surface area contributed by atoms with Crippen LogP contribution in [-0.4, -0.2) is 41.6 Å². The summed E-state index contributed by atoms with van der Waals surface area (Å²) in [5, 5.41) is 11.7. The number of nitrogens with zero attached hydrogens (tertiary/aromatic N) is 1. The number of benzene rings is 2. The fraction of sp³-hybridized carbons (Fsp3) is 0.346. The third kappa shape index (κ3) is 6.37. The van der Waals surface area contributed by atoms with Gasteiger partial charge >= 0.3 is 18.0 Å². The Morgan fingerprint density at radius 3 is 2.38 bits per heavy atom. The van der Waals surface area contributed by atoms with Crippen LogP contribution in [0.15, 0.2) is 65.9 Å². The summed E-state index contributed by atoms with van der Waals surface area (Å²) in [6, 6.07) is 15.6. The number of carboxylic acids is 1. The number of urea groups is 1. The minimum Gasteiger partial charge on any atom is -0.497 e. The summed E-state index contributed by atoms with van der Waals surface area (Å²) in [6.45, 7) is 2.24. The zero-order chi connectivity index (χ0) is 24.5. The number of carbonyl (C=O) groups excluding carboxylic acids is 2. The van der Waals surface area contributed by atoms with E-state index in [1.54, 1.807) is 26.2 Å². The van der Waals surface area contributed by atoms with Crippen LogP contribution in [0.5, 0.6) is 5.75 Å². The molecule has 0 radical (unpaired) electrons. The van der Waals surface area contributed by atoms with E-state index in [2.05, 4.69) is 5.32 Å². The summed E-state index contributed by atoms with van der Waals surface area (Å²) in [4.78, 5) is 38.4. The van der Waals surface area contributed by atoms with E-state index in [0.29, 0.717) is 42.8 Å².